The number of sulfonamides is 1. The molecule has 0 saturated carbocycles. The summed E-state index contributed by atoms with van der Waals surface area (Å²) in [7, 11) is -3.57. The summed E-state index contributed by atoms with van der Waals surface area (Å²) < 4.78 is 34.1. The summed E-state index contributed by atoms with van der Waals surface area (Å²) in [4.78, 5) is 10.8. The van der Waals surface area contributed by atoms with E-state index in [-0.39, 0.29) is 35.5 Å². The molecule has 2 aliphatic rings. The molecule has 4 unspecified atom stereocenters. The third kappa shape index (κ3) is 4.52. The predicted octanol–water partition coefficient (Wildman–Crippen LogP) is 2.71. The number of allylic oxidation sites excluding steroid dienone is 2. The maximum Gasteiger partial charge on any atom is 0.303 e. The molecular weight excluding hydrogens is 354 g/mol. The van der Waals surface area contributed by atoms with Crippen LogP contribution in [0.3, 0.4) is 0 Å². The topological polar surface area (TPSA) is 92.7 Å². The number of hydrogen-bond acceptors (Lipinski definition) is 4. The summed E-state index contributed by atoms with van der Waals surface area (Å²) in [6.45, 7) is 0. The quantitative estimate of drug-likeness (QED) is 0.508. The molecule has 0 aromatic heterocycles. The summed E-state index contributed by atoms with van der Waals surface area (Å²) in [6, 6.07) is 8.17. The number of hydrogen-bond donors (Lipinski definition) is 2. The smallest absolute Gasteiger partial charge is 0.303 e. The van der Waals surface area contributed by atoms with Gasteiger partial charge in [0, 0.05) is 12.3 Å². The second-order valence-electron chi connectivity index (χ2n) is 6.91. The van der Waals surface area contributed by atoms with Gasteiger partial charge in [0.25, 0.3) is 0 Å². The first-order valence-corrected chi connectivity index (χ1v) is 10.6. The Morgan fingerprint density at radius 1 is 1.19 bits per heavy atom. The number of nitrogens with one attached hydrogen (secondary N) is 1. The molecule has 2 bridgehead atoms. The first kappa shape index (κ1) is 19.1. The molecule has 0 aliphatic carbocycles. The van der Waals surface area contributed by atoms with Gasteiger partial charge in [0.2, 0.25) is 10.0 Å². The Hall–Kier alpha value is -1.70. The molecule has 0 amide bonds. The number of fused-ring (bicyclic) bond motifs is 2. The maximum atomic E-state index is 12.6. The lowest BCUT2D eigenvalue weighted by molar-refractivity contribution is -0.137. The van der Waals surface area contributed by atoms with Crippen molar-refractivity contribution in [2.75, 3.05) is 0 Å². The molecule has 2 fully saturated rings. The van der Waals surface area contributed by atoms with Crippen LogP contribution in [0.15, 0.2) is 47.4 Å². The molecule has 2 heterocycles. The standard InChI is InChI=1S/C19H25NO5S/c21-18(22)11-7-2-1-6-10-15-16-12-13-17(25-16)19(15)20-26(23,24)14-8-4-3-5-9-14/h1,3-6,8-9,15-17,19-20H,2,7,10-13H2,(H,21,22). The third-order valence-electron chi connectivity index (χ3n) is 5.11. The minimum Gasteiger partial charge on any atom is -0.481 e. The van der Waals surface area contributed by atoms with Crippen LogP contribution in [-0.4, -0.2) is 37.7 Å². The monoisotopic (exact) mass is 379 g/mol. The largest absolute Gasteiger partial charge is 0.481 e. The van der Waals surface area contributed by atoms with Crippen LogP contribution >= 0.6 is 0 Å². The van der Waals surface area contributed by atoms with Gasteiger partial charge < -0.3 is 9.84 Å². The Morgan fingerprint density at radius 2 is 1.92 bits per heavy atom. The Kier molecular flexibility index (Phi) is 6.11. The van der Waals surface area contributed by atoms with Gasteiger partial charge in [0.05, 0.1) is 23.1 Å². The van der Waals surface area contributed by atoms with Crippen LogP contribution in [0.2, 0.25) is 0 Å². The van der Waals surface area contributed by atoms with Crippen LogP contribution in [0.1, 0.15) is 38.5 Å². The van der Waals surface area contributed by atoms with Gasteiger partial charge in [-0.05, 0) is 44.2 Å². The van der Waals surface area contributed by atoms with Crippen molar-refractivity contribution >= 4 is 16.0 Å². The van der Waals surface area contributed by atoms with Crippen molar-refractivity contribution in [2.45, 2.75) is 61.7 Å². The van der Waals surface area contributed by atoms with Crippen molar-refractivity contribution in [3.63, 3.8) is 0 Å². The molecule has 0 radical (unpaired) electrons. The molecular formula is C19H25NO5S. The highest BCUT2D eigenvalue weighted by molar-refractivity contribution is 7.89. The van der Waals surface area contributed by atoms with Gasteiger partial charge in [0.1, 0.15) is 0 Å². The fourth-order valence-electron chi connectivity index (χ4n) is 3.83. The molecule has 7 heteroatoms. The van der Waals surface area contributed by atoms with Gasteiger partial charge in [-0.3, -0.25) is 4.79 Å². The summed E-state index contributed by atoms with van der Waals surface area (Å²) in [6.07, 6.45) is 8.11. The van der Waals surface area contributed by atoms with E-state index in [1.54, 1.807) is 30.3 Å². The van der Waals surface area contributed by atoms with Gasteiger partial charge in [-0.2, -0.15) is 0 Å². The van der Waals surface area contributed by atoms with Gasteiger partial charge in [-0.25, -0.2) is 13.1 Å². The molecule has 0 spiro atoms. The SMILES string of the molecule is O=C(O)CCCC=CCC1C2CCC(O2)C1NS(=O)(=O)c1ccccc1. The second kappa shape index (κ2) is 8.33. The highest BCUT2D eigenvalue weighted by Crippen LogP contribution is 2.41. The molecule has 142 valence electrons. The van der Waals surface area contributed by atoms with E-state index in [1.165, 1.54) is 0 Å². The Balaban J connectivity index is 1.60. The number of ether oxygens (including phenoxy) is 1. The van der Waals surface area contributed by atoms with Gasteiger partial charge in [0.15, 0.2) is 0 Å². The first-order valence-electron chi connectivity index (χ1n) is 9.07. The Morgan fingerprint density at radius 3 is 2.65 bits per heavy atom. The molecule has 6 nitrogen and oxygen atoms in total. The van der Waals surface area contributed by atoms with E-state index in [2.05, 4.69) is 4.72 Å². The van der Waals surface area contributed by atoms with Gasteiger partial charge in [-0.1, -0.05) is 30.4 Å². The van der Waals surface area contributed by atoms with Crippen LogP contribution in [-0.2, 0) is 19.6 Å². The summed E-state index contributed by atoms with van der Waals surface area (Å²) in [5.74, 6) is -0.668. The number of unbranched alkanes of at least 4 members (excludes halogenated alkanes) is 1. The number of carbonyl (C=O) groups is 1. The minimum absolute atomic E-state index is 0.0658. The summed E-state index contributed by atoms with van der Waals surface area (Å²) in [5, 5.41) is 8.65. The number of carboxylic acids is 1. The van der Waals surface area contributed by atoms with Crippen molar-refractivity contribution in [1.82, 2.24) is 4.72 Å². The average molecular weight is 379 g/mol. The fraction of sp³-hybridized carbons (Fsp3) is 0.526. The Labute approximate surface area is 154 Å². The van der Waals surface area contributed by atoms with Crippen LogP contribution in [0, 0.1) is 5.92 Å². The number of aliphatic carboxylic acids is 1. The van der Waals surface area contributed by atoms with E-state index in [9.17, 15) is 13.2 Å². The third-order valence-corrected chi connectivity index (χ3v) is 6.58. The lowest BCUT2D eigenvalue weighted by Crippen LogP contribution is -2.46. The van der Waals surface area contributed by atoms with E-state index in [1.807, 2.05) is 12.2 Å². The highest BCUT2D eigenvalue weighted by atomic mass is 32.2. The zero-order valence-electron chi connectivity index (χ0n) is 14.6. The van der Waals surface area contributed by atoms with E-state index >= 15 is 0 Å². The van der Waals surface area contributed by atoms with E-state index in [4.69, 9.17) is 9.84 Å². The molecule has 1 aromatic carbocycles. The van der Waals surface area contributed by atoms with Crippen LogP contribution in [0.5, 0.6) is 0 Å². The summed E-state index contributed by atoms with van der Waals surface area (Å²) >= 11 is 0. The molecule has 3 rings (SSSR count). The van der Waals surface area contributed by atoms with Crippen molar-refractivity contribution in [3.8, 4) is 0 Å². The molecule has 2 aliphatic heterocycles. The minimum atomic E-state index is -3.57. The molecule has 26 heavy (non-hydrogen) atoms. The first-order chi connectivity index (χ1) is 12.5. The zero-order chi connectivity index (χ0) is 18.6. The predicted molar refractivity (Wildman–Crippen MR) is 97.2 cm³/mol. The normalized spacial score (nSPS) is 28.0. The lowest BCUT2D eigenvalue weighted by atomic mass is 9.83. The van der Waals surface area contributed by atoms with Gasteiger partial charge >= 0.3 is 5.97 Å². The average Bonchev–Trinajstić information content (AvgIpc) is 3.20. The zero-order valence-corrected chi connectivity index (χ0v) is 15.4. The summed E-state index contributed by atoms with van der Waals surface area (Å²) in [5.41, 5.74) is 0. The lowest BCUT2D eigenvalue weighted by Gasteiger charge is -2.27. The van der Waals surface area contributed by atoms with E-state index in [0.29, 0.717) is 12.8 Å². The Bertz CT molecular complexity index is 746. The van der Waals surface area contributed by atoms with Crippen molar-refractivity contribution in [3.05, 3.63) is 42.5 Å². The molecule has 2 saturated heterocycles. The van der Waals surface area contributed by atoms with Crippen molar-refractivity contribution in [1.29, 1.82) is 0 Å². The van der Waals surface area contributed by atoms with Crippen molar-refractivity contribution in [2.24, 2.45) is 5.92 Å². The van der Waals surface area contributed by atoms with Crippen LogP contribution in [0.25, 0.3) is 0 Å². The van der Waals surface area contributed by atoms with Crippen LogP contribution in [0.4, 0.5) is 0 Å². The van der Waals surface area contributed by atoms with Crippen molar-refractivity contribution < 1.29 is 23.1 Å². The van der Waals surface area contributed by atoms with E-state index in [0.717, 1.165) is 19.3 Å². The second-order valence-corrected chi connectivity index (χ2v) is 8.62. The molecule has 2 N–H and O–H groups in total. The number of benzene rings is 1. The number of carboxylic acid groups (broad SMARTS) is 1. The molecule has 4 atom stereocenters. The fourth-order valence-corrected chi connectivity index (χ4v) is 5.16. The highest BCUT2D eigenvalue weighted by Gasteiger charge is 2.49. The molecule has 1 aromatic rings. The number of rotatable bonds is 9. The van der Waals surface area contributed by atoms with Gasteiger partial charge in [-0.15, -0.1) is 0 Å². The van der Waals surface area contributed by atoms with E-state index < -0.39 is 16.0 Å². The van der Waals surface area contributed by atoms with Crippen LogP contribution < -0.4 is 4.72 Å². The maximum absolute atomic E-state index is 12.6.